The lowest BCUT2D eigenvalue weighted by Crippen LogP contribution is -2.30. The van der Waals surface area contributed by atoms with Crippen LogP contribution in [0.5, 0.6) is 5.75 Å². The molecule has 0 spiro atoms. The molecule has 6 nitrogen and oxygen atoms in total. The van der Waals surface area contributed by atoms with Crippen LogP contribution in [0.4, 0.5) is 0 Å². The topological polar surface area (TPSA) is 90.4 Å². The Balaban J connectivity index is 2.05. The summed E-state index contributed by atoms with van der Waals surface area (Å²) in [5, 5.41) is 3.59. The summed E-state index contributed by atoms with van der Waals surface area (Å²) in [6.45, 7) is 4.16. The molecule has 7 heteroatoms. The number of hydrogen-bond acceptors (Lipinski definition) is 5. The van der Waals surface area contributed by atoms with Crippen molar-refractivity contribution in [2.24, 2.45) is 5.84 Å². The fourth-order valence-corrected chi connectivity index (χ4v) is 1.93. The molecule has 0 unspecified atom stereocenters. The molecule has 0 fully saturated rings. The van der Waals surface area contributed by atoms with Gasteiger partial charge in [-0.05, 0) is 37.1 Å². The minimum atomic E-state index is -0.504. The molecule has 0 radical (unpaired) electrons. The van der Waals surface area contributed by atoms with E-state index in [-0.39, 0.29) is 12.3 Å². The fraction of sp³-hybridized carbons (Fsp3) is 0.231. The standard InChI is InChI=1S/C13H14BrN3O3/c1-7-3-9(4-8(2)12(7)14)19-6-10-5-11(17-20-10)13(18)16-15/h3-5H,6,15H2,1-2H3,(H,16,18). The Morgan fingerprint density at radius 1 is 1.40 bits per heavy atom. The van der Waals surface area contributed by atoms with Gasteiger partial charge in [0.1, 0.15) is 12.4 Å². The van der Waals surface area contributed by atoms with Gasteiger partial charge in [-0.2, -0.15) is 0 Å². The molecule has 1 aromatic heterocycles. The molecule has 0 atom stereocenters. The first-order valence-electron chi connectivity index (χ1n) is 5.87. The molecule has 106 valence electrons. The van der Waals surface area contributed by atoms with Gasteiger partial charge in [0, 0.05) is 10.5 Å². The Morgan fingerprint density at radius 2 is 2.05 bits per heavy atom. The maximum atomic E-state index is 11.2. The highest BCUT2D eigenvalue weighted by molar-refractivity contribution is 9.10. The van der Waals surface area contributed by atoms with Crippen LogP contribution in [-0.2, 0) is 6.61 Å². The summed E-state index contributed by atoms with van der Waals surface area (Å²) >= 11 is 3.50. The van der Waals surface area contributed by atoms with Crippen molar-refractivity contribution >= 4 is 21.8 Å². The number of aryl methyl sites for hydroxylation is 2. The number of benzene rings is 1. The van der Waals surface area contributed by atoms with Gasteiger partial charge < -0.3 is 9.26 Å². The normalized spacial score (nSPS) is 10.4. The third-order valence-electron chi connectivity index (χ3n) is 2.71. The van der Waals surface area contributed by atoms with E-state index in [1.54, 1.807) is 0 Å². The van der Waals surface area contributed by atoms with Crippen LogP contribution in [0.25, 0.3) is 0 Å². The van der Waals surface area contributed by atoms with Gasteiger partial charge in [0.2, 0.25) is 0 Å². The number of nitrogens with one attached hydrogen (secondary N) is 1. The van der Waals surface area contributed by atoms with E-state index in [2.05, 4.69) is 21.1 Å². The molecular formula is C13H14BrN3O3. The third-order valence-corrected chi connectivity index (χ3v) is 3.96. The van der Waals surface area contributed by atoms with Crippen molar-refractivity contribution in [2.45, 2.75) is 20.5 Å². The number of rotatable bonds is 4. The van der Waals surface area contributed by atoms with E-state index in [0.29, 0.717) is 5.76 Å². The zero-order valence-electron chi connectivity index (χ0n) is 11.1. The summed E-state index contributed by atoms with van der Waals surface area (Å²) in [5.74, 6) is 5.68. The number of carbonyl (C=O) groups is 1. The first-order chi connectivity index (χ1) is 9.51. The lowest BCUT2D eigenvalue weighted by Gasteiger charge is -2.08. The van der Waals surface area contributed by atoms with Crippen molar-refractivity contribution < 1.29 is 14.1 Å². The molecule has 0 aliphatic rings. The molecule has 0 bridgehead atoms. The van der Waals surface area contributed by atoms with Crippen LogP contribution in [0.2, 0.25) is 0 Å². The number of nitrogens with zero attached hydrogens (tertiary/aromatic N) is 1. The molecule has 1 aromatic carbocycles. The second kappa shape index (κ2) is 6.06. The van der Waals surface area contributed by atoms with Crippen molar-refractivity contribution in [3.05, 3.63) is 45.3 Å². The summed E-state index contributed by atoms with van der Waals surface area (Å²) in [6, 6.07) is 5.32. The van der Waals surface area contributed by atoms with Gasteiger partial charge in [-0.1, -0.05) is 21.1 Å². The first-order valence-corrected chi connectivity index (χ1v) is 6.66. The molecule has 1 amide bonds. The summed E-state index contributed by atoms with van der Waals surface area (Å²) in [6.07, 6.45) is 0. The van der Waals surface area contributed by atoms with Crippen LogP contribution in [-0.4, -0.2) is 11.1 Å². The predicted molar refractivity (Wildman–Crippen MR) is 76.1 cm³/mol. The van der Waals surface area contributed by atoms with Crippen LogP contribution in [0.3, 0.4) is 0 Å². The number of aromatic nitrogens is 1. The average Bonchev–Trinajstić information content (AvgIpc) is 2.90. The molecule has 3 N–H and O–H groups in total. The maximum absolute atomic E-state index is 11.2. The van der Waals surface area contributed by atoms with E-state index in [1.807, 2.05) is 31.4 Å². The van der Waals surface area contributed by atoms with E-state index < -0.39 is 5.91 Å². The zero-order valence-corrected chi connectivity index (χ0v) is 12.7. The summed E-state index contributed by atoms with van der Waals surface area (Å²) in [4.78, 5) is 11.2. The average molecular weight is 340 g/mol. The number of nitrogen functional groups attached to an aromatic ring is 1. The van der Waals surface area contributed by atoms with E-state index in [1.165, 1.54) is 6.07 Å². The molecular weight excluding hydrogens is 326 g/mol. The Kier molecular flexibility index (Phi) is 4.41. The largest absolute Gasteiger partial charge is 0.486 e. The van der Waals surface area contributed by atoms with Gasteiger partial charge in [-0.25, -0.2) is 5.84 Å². The minimum absolute atomic E-state index is 0.120. The number of carbonyl (C=O) groups excluding carboxylic acids is 1. The highest BCUT2D eigenvalue weighted by Crippen LogP contribution is 2.26. The van der Waals surface area contributed by atoms with Gasteiger partial charge in [0.05, 0.1) is 0 Å². The molecule has 0 aliphatic heterocycles. The molecule has 20 heavy (non-hydrogen) atoms. The summed E-state index contributed by atoms with van der Waals surface area (Å²) in [5.41, 5.74) is 4.27. The third kappa shape index (κ3) is 3.17. The van der Waals surface area contributed by atoms with E-state index >= 15 is 0 Å². The number of amides is 1. The van der Waals surface area contributed by atoms with Gasteiger partial charge in [0.15, 0.2) is 11.5 Å². The number of halogens is 1. The number of nitrogens with two attached hydrogens (primary N) is 1. The fourth-order valence-electron chi connectivity index (χ4n) is 1.71. The van der Waals surface area contributed by atoms with Gasteiger partial charge >= 0.3 is 0 Å². The second-order valence-electron chi connectivity index (χ2n) is 4.31. The number of ether oxygens (including phenoxy) is 1. The summed E-state index contributed by atoms with van der Waals surface area (Å²) < 4.78 is 11.7. The molecule has 1 heterocycles. The van der Waals surface area contributed by atoms with Crippen LogP contribution < -0.4 is 16.0 Å². The van der Waals surface area contributed by atoms with E-state index in [0.717, 1.165) is 21.3 Å². The Bertz CT molecular complexity index is 617. The Morgan fingerprint density at radius 3 is 2.65 bits per heavy atom. The molecule has 0 saturated heterocycles. The van der Waals surface area contributed by atoms with Gasteiger partial charge in [-0.3, -0.25) is 10.2 Å². The number of hydrazine groups is 1. The zero-order chi connectivity index (χ0) is 14.7. The number of hydrogen-bond donors (Lipinski definition) is 2. The SMILES string of the molecule is Cc1cc(OCc2cc(C(=O)NN)no2)cc(C)c1Br. The smallest absolute Gasteiger partial charge is 0.287 e. The minimum Gasteiger partial charge on any atom is -0.486 e. The lowest BCUT2D eigenvalue weighted by atomic mass is 10.1. The summed E-state index contributed by atoms with van der Waals surface area (Å²) in [7, 11) is 0. The second-order valence-corrected chi connectivity index (χ2v) is 5.10. The Labute approximate surface area is 124 Å². The lowest BCUT2D eigenvalue weighted by molar-refractivity contribution is 0.0944. The Hall–Kier alpha value is -1.86. The van der Waals surface area contributed by atoms with Crippen LogP contribution >= 0.6 is 15.9 Å². The molecule has 0 saturated carbocycles. The molecule has 0 aliphatic carbocycles. The van der Waals surface area contributed by atoms with Crippen molar-refractivity contribution in [2.75, 3.05) is 0 Å². The van der Waals surface area contributed by atoms with Crippen LogP contribution in [0.15, 0.2) is 27.2 Å². The van der Waals surface area contributed by atoms with Gasteiger partial charge in [-0.15, -0.1) is 0 Å². The quantitative estimate of drug-likeness (QED) is 0.506. The van der Waals surface area contributed by atoms with Crippen molar-refractivity contribution in [1.29, 1.82) is 0 Å². The van der Waals surface area contributed by atoms with Gasteiger partial charge in [0.25, 0.3) is 5.91 Å². The predicted octanol–water partition coefficient (Wildman–Crippen LogP) is 2.24. The maximum Gasteiger partial charge on any atom is 0.287 e. The highest BCUT2D eigenvalue weighted by Gasteiger charge is 2.11. The first kappa shape index (κ1) is 14.5. The van der Waals surface area contributed by atoms with Crippen molar-refractivity contribution in [1.82, 2.24) is 10.6 Å². The van der Waals surface area contributed by atoms with Crippen molar-refractivity contribution in [3.8, 4) is 5.75 Å². The monoisotopic (exact) mass is 339 g/mol. The molecule has 2 aromatic rings. The van der Waals surface area contributed by atoms with E-state index in [4.69, 9.17) is 15.1 Å². The van der Waals surface area contributed by atoms with Crippen molar-refractivity contribution in [3.63, 3.8) is 0 Å². The highest BCUT2D eigenvalue weighted by atomic mass is 79.9. The van der Waals surface area contributed by atoms with E-state index in [9.17, 15) is 4.79 Å². The van der Waals surface area contributed by atoms with Crippen LogP contribution in [0.1, 0.15) is 27.4 Å². The van der Waals surface area contributed by atoms with Crippen LogP contribution in [0, 0.1) is 13.8 Å². The molecule has 2 rings (SSSR count).